The molecule has 1 aliphatic rings. The molecule has 1 N–H and O–H groups in total. The lowest BCUT2D eigenvalue weighted by molar-refractivity contribution is -0.0857. The molecule has 0 aliphatic carbocycles. The van der Waals surface area contributed by atoms with Crippen LogP contribution in [0.2, 0.25) is 0 Å². The monoisotopic (exact) mass is 481 g/mol. The lowest BCUT2D eigenvalue weighted by Crippen LogP contribution is -2.51. The Balaban J connectivity index is 0.00000338. The fraction of sp³-hybridized carbons (Fsp3) is 0.611. The average Bonchev–Trinajstić information content (AvgIpc) is 2.64. The SMILES string of the molecule is CN=C(NCC1(OC)CCOCC1)N(C)CCOc1ccc(F)cc1.I. The van der Waals surface area contributed by atoms with Crippen LogP contribution in [-0.2, 0) is 9.47 Å². The minimum absolute atomic E-state index is 0. The zero-order chi connectivity index (χ0) is 18.1. The molecule has 0 aromatic heterocycles. The van der Waals surface area contributed by atoms with Gasteiger partial charge in [0.05, 0.1) is 12.1 Å². The van der Waals surface area contributed by atoms with Crippen molar-refractivity contribution in [3.8, 4) is 5.75 Å². The molecular weight excluding hydrogens is 452 g/mol. The Labute approximate surface area is 172 Å². The van der Waals surface area contributed by atoms with Crippen molar-refractivity contribution in [3.63, 3.8) is 0 Å². The maximum absolute atomic E-state index is 12.9. The predicted octanol–water partition coefficient (Wildman–Crippen LogP) is 2.53. The maximum atomic E-state index is 12.9. The molecule has 6 nitrogen and oxygen atoms in total. The lowest BCUT2D eigenvalue weighted by Gasteiger charge is -2.37. The van der Waals surface area contributed by atoms with Gasteiger partial charge in [0.2, 0.25) is 0 Å². The molecule has 0 bridgehead atoms. The molecule has 0 saturated carbocycles. The van der Waals surface area contributed by atoms with Crippen molar-refractivity contribution in [3.05, 3.63) is 30.1 Å². The van der Waals surface area contributed by atoms with Crippen molar-refractivity contribution in [2.75, 3.05) is 54.1 Å². The van der Waals surface area contributed by atoms with Crippen molar-refractivity contribution in [1.82, 2.24) is 10.2 Å². The highest BCUT2D eigenvalue weighted by Gasteiger charge is 2.32. The molecule has 0 amide bonds. The third-order valence-electron chi connectivity index (χ3n) is 4.49. The molecule has 2 rings (SSSR count). The Morgan fingerprint density at radius 2 is 1.96 bits per heavy atom. The number of nitrogens with one attached hydrogen (secondary N) is 1. The Bertz CT molecular complexity index is 551. The molecule has 0 atom stereocenters. The van der Waals surface area contributed by atoms with Gasteiger partial charge in [-0.3, -0.25) is 4.99 Å². The van der Waals surface area contributed by atoms with Crippen LogP contribution in [0.5, 0.6) is 5.75 Å². The van der Waals surface area contributed by atoms with Gasteiger partial charge in [0.1, 0.15) is 18.2 Å². The molecule has 1 aromatic carbocycles. The smallest absolute Gasteiger partial charge is 0.193 e. The highest BCUT2D eigenvalue weighted by Crippen LogP contribution is 2.23. The topological polar surface area (TPSA) is 55.3 Å². The van der Waals surface area contributed by atoms with E-state index < -0.39 is 0 Å². The van der Waals surface area contributed by atoms with Crippen molar-refractivity contribution in [2.45, 2.75) is 18.4 Å². The zero-order valence-electron chi connectivity index (χ0n) is 15.7. The van der Waals surface area contributed by atoms with E-state index in [1.807, 2.05) is 11.9 Å². The number of hydrogen-bond acceptors (Lipinski definition) is 4. The zero-order valence-corrected chi connectivity index (χ0v) is 18.0. The van der Waals surface area contributed by atoms with Crippen LogP contribution < -0.4 is 10.1 Å². The molecule has 148 valence electrons. The second kappa shape index (κ2) is 11.6. The number of benzene rings is 1. The highest BCUT2D eigenvalue weighted by atomic mass is 127. The van der Waals surface area contributed by atoms with E-state index >= 15 is 0 Å². The van der Waals surface area contributed by atoms with Gasteiger partial charge in [0.25, 0.3) is 0 Å². The molecule has 26 heavy (non-hydrogen) atoms. The Hall–Kier alpha value is -1.13. The van der Waals surface area contributed by atoms with Gasteiger partial charge in [-0.05, 0) is 24.3 Å². The summed E-state index contributed by atoms with van der Waals surface area (Å²) in [6.07, 6.45) is 1.73. The first-order valence-electron chi connectivity index (χ1n) is 8.51. The van der Waals surface area contributed by atoms with Crippen molar-refractivity contribution < 1.29 is 18.6 Å². The molecule has 1 heterocycles. The average molecular weight is 481 g/mol. The van der Waals surface area contributed by atoms with Crippen LogP contribution in [0.3, 0.4) is 0 Å². The Morgan fingerprint density at radius 1 is 1.31 bits per heavy atom. The van der Waals surface area contributed by atoms with Crippen LogP contribution in [0.15, 0.2) is 29.3 Å². The van der Waals surface area contributed by atoms with Gasteiger partial charge in [-0.25, -0.2) is 4.39 Å². The van der Waals surface area contributed by atoms with Gasteiger partial charge in [-0.15, -0.1) is 24.0 Å². The summed E-state index contributed by atoms with van der Waals surface area (Å²) in [6.45, 7) is 3.25. The molecular formula is C18H29FIN3O3. The minimum atomic E-state index is -0.269. The van der Waals surface area contributed by atoms with Crippen LogP contribution in [0, 0.1) is 5.82 Å². The number of methoxy groups -OCH3 is 1. The number of ether oxygens (including phenoxy) is 3. The number of guanidine groups is 1. The molecule has 1 fully saturated rings. The van der Waals surface area contributed by atoms with Crippen LogP contribution >= 0.6 is 24.0 Å². The van der Waals surface area contributed by atoms with E-state index in [1.165, 1.54) is 12.1 Å². The highest BCUT2D eigenvalue weighted by molar-refractivity contribution is 14.0. The summed E-state index contributed by atoms with van der Waals surface area (Å²) in [5.41, 5.74) is -0.209. The van der Waals surface area contributed by atoms with E-state index in [0.29, 0.717) is 25.4 Å². The first-order valence-corrected chi connectivity index (χ1v) is 8.51. The fourth-order valence-electron chi connectivity index (χ4n) is 2.76. The molecule has 0 spiro atoms. The van der Waals surface area contributed by atoms with E-state index in [1.54, 1.807) is 26.3 Å². The molecule has 0 unspecified atom stereocenters. The predicted molar refractivity (Wildman–Crippen MR) is 111 cm³/mol. The van der Waals surface area contributed by atoms with E-state index in [-0.39, 0.29) is 35.4 Å². The fourth-order valence-corrected chi connectivity index (χ4v) is 2.76. The number of halogens is 2. The van der Waals surface area contributed by atoms with Gasteiger partial charge in [-0.2, -0.15) is 0 Å². The summed E-state index contributed by atoms with van der Waals surface area (Å²) >= 11 is 0. The van der Waals surface area contributed by atoms with Crippen LogP contribution in [0.4, 0.5) is 4.39 Å². The largest absolute Gasteiger partial charge is 0.492 e. The number of nitrogens with zero attached hydrogens (tertiary/aromatic N) is 2. The third-order valence-corrected chi connectivity index (χ3v) is 4.49. The first kappa shape index (κ1) is 22.9. The van der Waals surface area contributed by atoms with Crippen LogP contribution in [0.1, 0.15) is 12.8 Å². The number of hydrogen-bond donors (Lipinski definition) is 1. The maximum Gasteiger partial charge on any atom is 0.193 e. The lowest BCUT2D eigenvalue weighted by atomic mass is 9.94. The van der Waals surface area contributed by atoms with Crippen molar-refractivity contribution in [2.24, 2.45) is 4.99 Å². The first-order chi connectivity index (χ1) is 12.1. The Morgan fingerprint density at radius 3 is 2.54 bits per heavy atom. The molecule has 1 saturated heterocycles. The second-order valence-corrected chi connectivity index (χ2v) is 6.12. The Kier molecular flexibility index (Phi) is 10.2. The van der Waals surface area contributed by atoms with Gasteiger partial charge in [0, 0.05) is 53.8 Å². The summed E-state index contributed by atoms with van der Waals surface area (Å²) in [6, 6.07) is 6.01. The number of likely N-dealkylation sites (N-methyl/N-ethyl adjacent to an activating group) is 1. The summed E-state index contributed by atoms with van der Waals surface area (Å²) in [4.78, 5) is 6.31. The van der Waals surface area contributed by atoms with E-state index in [4.69, 9.17) is 14.2 Å². The van der Waals surface area contributed by atoms with Crippen molar-refractivity contribution >= 4 is 29.9 Å². The summed E-state index contributed by atoms with van der Waals surface area (Å²) < 4.78 is 29.7. The number of rotatable bonds is 7. The second-order valence-electron chi connectivity index (χ2n) is 6.12. The number of aliphatic imine (C=N–C) groups is 1. The molecule has 8 heteroatoms. The third kappa shape index (κ3) is 6.88. The quantitative estimate of drug-likeness (QED) is 0.369. The summed E-state index contributed by atoms with van der Waals surface area (Å²) in [5.74, 6) is 1.16. The van der Waals surface area contributed by atoms with Gasteiger partial charge in [-0.1, -0.05) is 0 Å². The van der Waals surface area contributed by atoms with Gasteiger partial charge >= 0.3 is 0 Å². The van der Waals surface area contributed by atoms with E-state index in [2.05, 4.69) is 10.3 Å². The molecule has 1 aliphatic heterocycles. The molecule has 0 radical (unpaired) electrons. The van der Waals surface area contributed by atoms with Crippen LogP contribution in [0.25, 0.3) is 0 Å². The standard InChI is InChI=1S/C18H28FN3O3.HI/c1-20-17(21-14-18(23-3)8-11-24-12-9-18)22(2)10-13-25-16-6-4-15(19)5-7-16;/h4-7H,8-14H2,1-3H3,(H,20,21);1H. The molecule has 1 aromatic rings. The summed E-state index contributed by atoms with van der Waals surface area (Å²) in [5, 5.41) is 3.38. The van der Waals surface area contributed by atoms with Gasteiger partial charge in [0.15, 0.2) is 5.96 Å². The van der Waals surface area contributed by atoms with Crippen LogP contribution in [-0.4, -0.2) is 70.6 Å². The normalized spacial score (nSPS) is 16.5. The van der Waals surface area contributed by atoms with Gasteiger partial charge < -0.3 is 24.4 Å². The van der Waals surface area contributed by atoms with Crippen molar-refractivity contribution in [1.29, 1.82) is 0 Å². The summed E-state index contributed by atoms with van der Waals surface area (Å²) in [7, 11) is 5.45. The minimum Gasteiger partial charge on any atom is -0.492 e. The van der Waals surface area contributed by atoms with E-state index in [9.17, 15) is 4.39 Å². The van der Waals surface area contributed by atoms with E-state index in [0.717, 1.165) is 32.0 Å².